The van der Waals surface area contributed by atoms with E-state index in [2.05, 4.69) is 45.1 Å². The number of anilines is 1. The summed E-state index contributed by atoms with van der Waals surface area (Å²) in [5.74, 6) is 0.800. The summed E-state index contributed by atoms with van der Waals surface area (Å²) >= 11 is 0. The van der Waals surface area contributed by atoms with Crippen LogP contribution in [0.25, 0.3) is 11.3 Å². The van der Waals surface area contributed by atoms with Crippen LogP contribution in [0.15, 0.2) is 36.4 Å². The highest BCUT2D eigenvalue weighted by molar-refractivity contribution is 5.85. The Morgan fingerprint density at radius 1 is 0.935 bits per heavy atom. The molecule has 5 heteroatoms. The standard InChI is InChI=1S/C26H30N2O3/c1-15-9-8-10-23(28-26(29)30-7)22(15)14-31-24-12-11-21(13-16(24)2)25-19(5)17(3)18(4)20(6)27-25/h8-13H,14H2,1-7H3,(H,28,29). The fraction of sp³-hybridized carbons (Fsp3) is 0.308. The number of ether oxygens (including phenoxy) is 2. The van der Waals surface area contributed by atoms with E-state index in [1.165, 1.54) is 23.8 Å². The van der Waals surface area contributed by atoms with Crippen LogP contribution in [0, 0.1) is 41.5 Å². The van der Waals surface area contributed by atoms with Crippen LogP contribution in [0.5, 0.6) is 5.75 Å². The van der Waals surface area contributed by atoms with E-state index in [0.717, 1.165) is 39.4 Å². The van der Waals surface area contributed by atoms with Crippen LogP contribution in [0.2, 0.25) is 0 Å². The van der Waals surface area contributed by atoms with Gasteiger partial charge in [0.05, 0.1) is 18.5 Å². The average molecular weight is 419 g/mol. The average Bonchev–Trinajstić information content (AvgIpc) is 2.75. The number of benzene rings is 2. The maximum atomic E-state index is 11.7. The van der Waals surface area contributed by atoms with Crippen molar-refractivity contribution in [2.24, 2.45) is 0 Å². The van der Waals surface area contributed by atoms with E-state index in [-0.39, 0.29) is 0 Å². The molecule has 0 fully saturated rings. The van der Waals surface area contributed by atoms with Crippen molar-refractivity contribution in [2.75, 3.05) is 12.4 Å². The van der Waals surface area contributed by atoms with Crippen molar-refractivity contribution in [3.8, 4) is 17.0 Å². The third-order valence-corrected chi connectivity index (χ3v) is 5.96. The molecular weight excluding hydrogens is 388 g/mol. The molecule has 31 heavy (non-hydrogen) atoms. The molecule has 0 bridgehead atoms. The van der Waals surface area contributed by atoms with Crippen LogP contribution in [0.1, 0.15) is 39.1 Å². The Morgan fingerprint density at radius 3 is 2.35 bits per heavy atom. The molecule has 0 atom stereocenters. The first-order valence-electron chi connectivity index (χ1n) is 10.3. The van der Waals surface area contributed by atoms with Gasteiger partial charge in [-0.15, -0.1) is 0 Å². The predicted octanol–water partition coefficient (Wildman–Crippen LogP) is 6.36. The summed E-state index contributed by atoms with van der Waals surface area (Å²) in [7, 11) is 1.35. The molecule has 0 radical (unpaired) electrons. The molecule has 1 aromatic heterocycles. The zero-order chi connectivity index (χ0) is 22.7. The molecule has 0 aliphatic carbocycles. The topological polar surface area (TPSA) is 60.5 Å². The second-order valence-electron chi connectivity index (χ2n) is 7.91. The molecule has 1 N–H and O–H groups in total. The largest absolute Gasteiger partial charge is 0.489 e. The monoisotopic (exact) mass is 418 g/mol. The zero-order valence-electron chi connectivity index (χ0n) is 19.3. The Hall–Kier alpha value is -3.34. The lowest BCUT2D eigenvalue weighted by atomic mass is 9.97. The maximum absolute atomic E-state index is 11.7. The lowest BCUT2D eigenvalue weighted by Crippen LogP contribution is -2.14. The second kappa shape index (κ2) is 9.21. The highest BCUT2D eigenvalue weighted by atomic mass is 16.5. The number of rotatable bonds is 5. The number of nitrogens with one attached hydrogen (secondary N) is 1. The molecule has 0 saturated carbocycles. The van der Waals surface area contributed by atoms with Crippen molar-refractivity contribution < 1.29 is 14.3 Å². The van der Waals surface area contributed by atoms with Gasteiger partial charge in [0.2, 0.25) is 0 Å². The van der Waals surface area contributed by atoms with Crippen LogP contribution in [0.4, 0.5) is 10.5 Å². The molecule has 0 aliphatic heterocycles. The van der Waals surface area contributed by atoms with Gasteiger partial charge in [-0.05, 0) is 93.6 Å². The van der Waals surface area contributed by atoms with Gasteiger partial charge in [-0.1, -0.05) is 12.1 Å². The summed E-state index contributed by atoms with van der Waals surface area (Å²) in [5.41, 5.74) is 10.6. The van der Waals surface area contributed by atoms with Gasteiger partial charge in [0.15, 0.2) is 0 Å². The predicted molar refractivity (Wildman–Crippen MR) is 125 cm³/mol. The molecule has 1 amide bonds. The van der Waals surface area contributed by atoms with Gasteiger partial charge in [-0.25, -0.2) is 4.79 Å². The minimum atomic E-state index is -0.501. The summed E-state index contributed by atoms with van der Waals surface area (Å²) < 4.78 is 10.9. The van der Waals surface area contributed by atoms with E-state index >= 15 is 0 Å². The Morgan fingerprint density at radius 2 is 1.68 bits per heavy atom. The summed E-state index contributed by atoms with van der Waals surface area (Å²) in [5, 5.41) is 2.75. The van der Waals surface area contributed by atoms with Crippen molar-refractivity contribution >= 4 is 11.8 Å². The van der Waals surface area contributed by atoms with Gasteiger partial charge >= 0.3 is 6.09 Å². The highest BCUT2D eigenvalue weighted by Crippen LogP contribution is 2.31. The fourth-order valence-corrected chi connectivity index (χ4v) is 3.63. The Kier molecular flexibility index (Phi) is 6.64. The number of carbonyl (C=O) groups excluding carboxylic acids is 1. The third-order valence-electron chi connectivity index (χ3n) is 5.96. The summed E-state index contributed by atoms with van der Waals surface area (Å²) in [6.07, 6.45) is -0.501. The zero-order valence-corrected chi connectivity index (χ0v) is 19.3. The van der Waals surface area contributed by atoms with Gasteiger partial charge < -0.3 is 9.47 Å². The first kappa shape index (κ1) is 22.3. The molecule has 3 rings (SSSR count). The van der Waals surface area contributed by atoms with Crippen molar-refractivity contribution in [1.29, 1.82) is 0 Å². The molecule has 5 nitrogen and oxygen atoms in total. The Labute approximate surface area is 184 Å². The fourth-order valence-electron chi connectivity index (χ4n) is 3.63. The molecule has 0 aliphatic rings. The van der Waals surface area contributed by atoms with E-state index < -0.39 is 6.09 Å². The van der Waals surface area contributed by atoms with E-state index in [1.54, 1.807) is 0 Å². The first-order chi connectivity index (χ1) is 14.7. The number of hydrogen-bond donors (Lipinski definition) is 1. The van der Waals surface area contributed by atoms with Crippen molar-refractivity contribution in [2.45, 2.75) is 48.1 Å². The van der Waals surface area contributed by atoms with Crippen LogP contribution in [-0.2, 0) is 11.3 Å². The molecule has 2 aromatic carbocycles. The smallest absolute Gasteiger partial charge is 0.411 e. The van der Waals surface area contributed by atoms with Gasteiger partial charge in [0, 0.05) is 16.8 Å². The number of methoxy groups -OCH3 is 1. The van der Waals surface area contributed by atoms with Gasteiger partial charge in [-0.2, -0.15) is 0 Å². The number of nitrogens with zero attached hydrogens (tertiary/aromatic N) is 1. The first-order valence-corrected chi connectivity index (χ1v) is 10.3. The van der Waals surface area contributed by atoms with E-state index in [4.69, 9.17) is 14.5 Å². The number of pyridine rings is 1. The van der Waals surface area contributed by atoms with E-state index in [0.29, 0.717) is 12.3 Å². The van der Waals surface area contributed by atoms with Crippen LogP contribution >= 0.6 is 0 Å². The summed E-state index contributed by atoms with van der Waals surface area (Å²) in [6.45, 7) is 12.8. The minimum Gasteiger partial charge on any atom is -0.489 e. The summed E-state index contributed by atoms with van der Waals surface area (Å²) in [4.78, 5) is 16.5. The SMILES string of the molecule is COC(=O)Nc1cccc(C)c1COc1ccc(-c2nc(C)c(C)c(C)c2C)cc1C. The molecule has 162 valence electrons. The Bertz CT molecular complexity index is 1140. The van der Waals surface area contributed by atoms with E-state index in [9.17, 15) is 4.79 Å². The van der Waals surface area contributed by atoms with Gasteiger partial charge in [-0.3, -0.25) is 10.3 Å². The lowest BCUT2D eigenvalue weighted by Gasteiger charge is -2.17. The molecule has 3 aromatic rings. The second-order valence-corrected chi connectivity index (χ2v) is 7.91. The molecule has 0 unspecified atom stereocenters. The normalized spacial score (nSPS) is 10.7. The summed E-state index contributed by atoms with van der Waals surface area (Å²) in [6, 6.07) is 11.9. The number of amides is 1. The number of hydrogen-bond acceptors (Lipinski definition) is 4. The van der Waals surface area contributed by atoms with E-state index in [1.807, 2.05) is 38.1 Å². The quantitative estimate of drug-likeness (QED) is 0.524. The molecule has 0 saturated heterocycles. The Balaban J connectivity index is 1.86. The molecular formula is C26H30N2O3. The van der Waals surface area contributed by atoms with Crippen LogP contribution in [-0.4, -0.2) is 18.2 Å². The highest BCUT2D eigenvalue weighted by Gasteiger charge is 2.14. The minimum absolute atomic E-state index is 0.339. The maximum Gasteiger partial charge on any atom is 0.411 e. The molecule has 0 spiro atoms. The third kappa shape index (κ3) is 4.71. The van der Waals surface area contributed by atoms with Gasteiger partial charge in [0.25, 0.3) is 0 Å². The van der Waals surface area contributed by atoms with Crippen molar-refractivity contribution in [3.63, 3.8) is 0 Å². The number of aryl methyl sites for hydroxylation is 3. The van der Waals surface area contributed by atoms with Crippen molar-refractivity contribution in [3.05, 3.63) is 75.5 Å². The van der Waals surface area contributed by atoms with Gasteiger partial charge in [0.1, 0.15) is 12.4 Å². The van der Waals surface area contributed by atoms with Crippen LogP contribution < -0.4 is 10.1 Å². The number of carbonyl (C=O) groups is 1. The van der Waals surface area contributed by atoms with Crippen LogP contribution in [0.3, 0.4) is 0 Å². The number of aromatic nitrogens is 1. The molecule has 1 heterocycles. The lowest BCUT2D eigenvalue weighted by molar-refractivity contribution is 0.187. The van der Waals surface area contributed by atoms with Crippen molar-refractivity contribution in [1.82, 2.24) is 4.98 Å².